The largest absolute Gasteiger partial charge is 0.493 e. The molecule has 4 rings (SSSR count). The zero-order valence-corrected chi connectivity index (χ0v) is 19.3. The van der Waals surface area contributed by atoms with E-state index in [4.69, 9.17) is 21.1 Å². The summed E-state index contributed by atoms with van der Waals surface area (Å²) >= 11 is 5.84. The summed E-state index contributed by atoms with van der Waals surface area (Å²) in [5.74, 6) is 0.852. The fraction of sp³-hybridized carbons (Fsp3) is 0.391. The SMILES string of the molecule is COc1cc2c(Nc3ccc(Cl)cc3F)ncnc2cc1OCC(O)CN1CCN(C)CC1. The van der Waals surface area contributed by atoms with Gasteiger partial charge in [0.15, 0.2) is 11.5 Å². The molecule has 0 bridgehead atoms. The van der Waals surface area contributed by atoms with Crippen LogP contribution < -0.4 is 14.8 Å². The van der Waals surface area contributed by atoms with Crippen molar-refractivity contribution in [2.75, 3.05) is 58.8 Å². The molecule has 1 aliphatic heterocycles. The maximum Gasteiger partial charge on any atom is 0.163 e. The highest BCUT2D eigenvalue weighted by atomic mass is 35.5. The minimum absolute atomic E-state index is 0.125. The maximum absolute atomic E-state index is 14.2. The van der Waals surface area contributed by atoms with Crippen molar-refractivity contribution in [2.45, 2.75) is 6.10 Å². The van der Waals surface area contributed by atoms with Gasteiger partial charge < -0.3 is 24.8 Å². The van der Waals surface area contributed by atoms with E-state index in [0.29, 0.717) is 39.8 Å². The number of hydrogen-bond donors (Lipinski definition) is 2. The number of piperazine rings is 1. The Kier molecular flexibility index (Phi) is 7.44. The van der Waals surface area contributed by atoms with Crippen molar-refractivity contribution in [3.05, 3.63) is 47.5 Å². The molecule has 1 fully saturated rings. The molecule has 2 N–H and O–H groups in total. The number of aromatic nitrogens is 2. The topological polar surface area (TPSA) is 83.0 Å². The lowest BCUT2D eigenvalue weighted by Gasteiger charge is -2.33. The maximum atomic E-state index is 14.2. The van der Waals surface area contributed by atoms with Crippen LogP contribution in [0.2, 0.25) is 5.02 Å². The molecule has 1 atom stereocenters. The van der Waals surface area contributed by atoms with E-state index in [-0.39, 0.29) is 12.3 Å². The molecule has 0 saturated carbocycles. The van der Waals surface area contributed by atoms with E-state index in [0.717, 1.165) is 26.2 Å². The van der Waals surface area contributed by atoms with Crippen LogP contribution in [0.4, 0.5) is 15.9 Å². The van der Waals surface area contributed by atoms with Crippen LogP contribution in [0.15, 0.2) is 36.7 Å². The number of nitrogens with one attached hydrogen (secondary N) is 1. The number of methoxy groups -OCH3 is 1. The van der Waals surface area contributed by atoms with E-state index in [1.807, 2.05) is 0 Å². The molecular weight excluding hydrogens is 449 g/mol. The van der Waals surface area contributed by atoms with Gasteiger partial charge in [0, 0.05) is 49.2 Å². The molecule has 1 aliphatic rings. The summed E-state index contributed by atoms with van der Waals surface area (Å²) in [6.45, 7) is 4.50. The standard InChI is InChI=1S/C23H27ClFN5O3/c1-29-5-7-30(8-6-29)12-16(31)13-33-22-11-20-17(10-21(22)32-2)23(27-14-26-20)28-19-4-3-15(24)9-18(19)25/h3-4,9-11,14,16,31H,5-8,12-13H2,1-2H3,(H,26,27,28). The van der Waals surface area contributed by atoms with Crippen LogP contribution in [0, 0.1) is 5.82 Å². The second-order valence-corrected chi connectivity index (χ2v) is 8.50. The highest BCUT2D eigenvalue weighted by Crippen LogP contribution is 2.35. The number of aliphatic hydroxyl groups is 1. The number of β-amino-alcohol motifs (C(OH)–C–C–N with tert-alkyl or cyclic N) is 1. The molecule has 2 aromatic carbocycles. The van der Waals surface area contributed by atoms with Gasteiger partial charge in [-0.15, -0.1) is 0 Å². The summed E-state index contributed by atoms with van der Waals surface area (Å²) < 4.78 is 25.6. The highest BCUT2D eigenvalue weighted by Gasteiger charge is 2.19. The van der Waals surface area contributed by atoms with E-state index >= 15 is 0 Å². The molecule has 1 unspecified atom stereocenters. The average Bonchev–Trinajstić information content (AvgIpc) is 2.80. The Labute approximate surface area is 196 Å². The molecule has 2 heterocycles. The molecule has 3 aromatic rings. The van der Waals surface area contributed by atoms with Gasteiger partial charge in [-0.2, -0.15) is 0 Å². The number of ether oxygens (including phenoxy) is 2. The monoisotopic (exact) mass is 475 g/mol. The predicted octanol–water partition coefficient (Wildman–Crippen LogP) is 3.16. The number of rotatable bonds is 8. The Hall–Kier alpha value is -2.72. The zero-order valence-electron chi connectivity index (χ0n) is 18.6. The van der Waals surface area contributed by atoms with Crippen molar-refractivity contribution in [2.24, 2.45) is 0 Å². The third-order valence-corrected chi connectivity index (χ3v) is 5.84. The lowest BCUT2D eigenvalue weighted by atomic mass is 10.2. The number of likely N-dealkylation sites (N-methyl/N-ethyl adjacent to an activating group) is 1. The Morgan fingerprint density at radius 3 is 2.67 bits per heavy atom. The van der Waals surface area contributed by atoms with Gasteiger partial charge in [-0.3, -0.25) is 4.90 Å². The van der Waals surface area contributed by atoms with Crippen LogP contribution in [0.1, 0.15) is 0 Å². The summed E-state index contributed by atoms with van der Waals surface area (Å²) in [6, 6.07) is 7.82. The normalized spacial score (nSPS) is 16.0. The number of anilines is 2. The van der Waals surface area contributed by atoms with E-state index in [1.54, 1.807) is 24.3 Å². The highest BCUT2D eigenvalue weighted by molar-refractivity contribution is 6.30. The van der Waals surface area contributed by atoms with Gasteiger partial charge in [-0.25, -0.2) is 14.4 Å². The summed E-state index contributed by atoms with van der Waals surface area (Å²) in [7, 11) is 3.63. The summed E-state index contributed by atoms with van der Waals surface area (Å²) in [5, 5.41) is 14.4. The first-order valence-corrected chi connectivity index (χ1v) is 11.1. The Bertz CT molecular complexity index is 1110. The zero-order chi connectivity index (χ0) is 23.4. The number of nitrogens with zero attached hydrogens (tertiary/aromatic N) is 4. The second kappa shape index (κ2) is 10.5. The van der Waals surface area contributed by atoms with Crippen LogP contribution in [0.5, 0.6) is 11.5 Å². The van der Waals surface area contributed by atoms with Crippen molar-refractivity contribution in [3.8, 4) is 11.5 Å². The molecule has 1 saturated heterocycles. The van der Waals surface area contributed by atoms with Gasteiger partial charge >= 0.3 is 0 Å². The number of hydrogen-bond acceptors (Lipinski definition) is 8. The third-order valence-electron chi connectivity index (χ3n) is 5.60. The number of halogens is 2. The second-order valence-electron chi connectivity index (χ2n) is 8.06. The lowest BCUT2D eigenvalue weighted by molar-refractivity contribution is 0.0498. The molecule has 8 nitrogen and oxygen atoms in total. The van der Waals surface area contributed by atoms with E-state index in [2.05, 4.69) is 32.1 Å². The van der Waals surface area contributed by atoms with Crippen molar-refractivity contribution < 1.29 is 19.0 Å². The summed E-state index contributed by atoms with van der Waals surface area (Å²) in [5.41, 5.74) is 0.831. The molecule has 10 heteroatoms. The minimum atomic E-state index is -0.635. The molecule has 176 valence electrons. The van der Waals surface area contributed by atoms with E-state index in [1.165, 1.54) is 19.5 Å². The van der Waals surface area contributed by atoms with Crippen LogP contribution in [-0.2, 0) is 0 Å². The number of fused-ring (bicyclic) bond motifs is 1. The van der Waals surface area contributed by atoms with Gasteiger partial charge in [-0.05, 0) is 31.3 Å². The Morgan fingerprint density at radius 2 is 1.94 bits per heavy atom. The average molecular weight is 476 g/mol. The first-order valence-electron chi connectivity index (χ1n) is 10.7. The summed E-state index contributed by atoms with van der Waals surface area (Å²) in [4.78, 5) is 13.1. The quantitative estimate of drug-likeness (QED) is 0.514. The Balaban J connectivity index is 1.49. The van der Waals surface area contributed by atoms with E-state index < -0.39 is 11.9 Å². The van der Waals surface area contributed by atoms with Crippen molar-refractivity contribution in [1.29, 1.82) is 0 Å². The molecular formula is C23H27ClFN5O3. The molecule has 0 aliphatic carbocycles. The van der Waals surface area contributed by atoms with Gasteiger partial charge in [0.1, 0.15) is 30.7 Å². The molecule has 0 amide bonds. The van der Waals surface area contributed by atoms with Crippen molar-refractivity contribution in [3.63, 3.8) is 0 Å². The molecule has 1 aromatic heterocycles. The van der Waals surface area contributed by atoms with E-state index in [9.17, 15) is 9.50 Å². The van der Waals surface area contributed by atoms with Gasteiger partial charge in [-0.1, -0.05) is 11.6 Å². The third kappa shape index (κ3) is 5.80. The van der Waals surface area contributed by atoms with Crippen molar-refractivity contribution >= 4 is 34.0 Å². The number of aliphatic hydroxyl groups excluding tert-OH is 1. The van der Waals surface area contributed by atoms with Crippen LogP contribution >= 0.6 is 11.6 Å². The van der Waals surface area contributed by atoms with Crippen LogP contribution in [0.3, 0.4) is 0 Å². The minimum Gasteiger partial charge on any atom is -0.493 e. The fourth-order valence-electron chi connectivity index (χ4n) is 3.72. The van der Waals surface area contributed by atoms with Crippen LogP contribution in [0.25, 0.3) is 10.9 Å². The fourth-order valence-corrected chi connectivity index (χ4v) is 3.88. The lowest BCUT2D eigenvalue weighted by Crippen LogP contribution is -2.47. The smallest absolute Gasteiger partial charge is 0.163 e. The van der Waals surface area contributed by atoms with Crippen molar-refractivity contribution in [1.82, 2.24) is 19.8 Å². The first kappa shape index (κ1) is 23.4. The predicted molar refractivity (Wildman–Crippen MR) is 126 cm³/mol. The first-order chi connectivity index (χ1) is 15.9. The van der Waals surface area contributed by atoms with Crippen LogP contribution in [-0.4, -0.2) is 84.5 Å². The Morgan fingerprint density at radius 1 is 1.15 bits per heavy atom. The number of benzene rings is 2. The van der Waals surface area contributed by atoms with Gasteiger partial charge in [0.25, 0.3) is 0 Å². The van der Waals surface area contributed by atoms with Gasteiger partial charge in [0.05, 0.1) is 18.3 Å². The summed E-state index contributed by atoms with van der Waals surface area (Å²) in [6.07, 6.45) is 0.751. The molecule has 33 heavy (non-hydrogen) atoms. The molecule has 0 spiro atoms. The molecule has 0 radical (unpaired) electrons. The van der Waals surface area contributed by atoms with Gasteiger partial charge in [0.2, 0.25) is 0 Å².